The fourth-order valence-electron chi connectivity index (χ4n) is 3.53. The molecule has 0 aliphatic rings. The Bertz CT molecular complexity index is 1280. The highest BCUT2D eigenvalue weighted by atomic mass is 35.5. The lowest BCUT2D eigenvalue weighted by atomic mass is 10.1. The van der Waals surface area contributed by atoms with E-state index in [0.717, 1.165) is 29.1 Å². The van der Waals surface area contributed by atoms with Gasteiger partial charge in [-0.3, -0.25) is 4.79 Å². The minimum Gasteiger partial charge on any atom is -0.334 e. The minimum atomic E-state index is -0.227. The number of nitrogens with zero attached hydrogens (tertiary/aromatic N) is 6. The number of carbonyl (C=O) groups is 1. The lowest BCUT2D eigenvalue weighted by Gasteiger charge is -2.18. The second-order valence-corrected chi connectivity index (χ2v) is 7.91. The molecule has 31 heavy (non-hydrogen) atoms. The molecule has 0 bridgehead atoms. The first-order valence-corrected chi connectivity index (χ1v) is 10.4. The van der Waals surface area contributed by atoms with E-state index in [-0.39, 0.29) is 5.91 Å². The van der Waals surface area contributed by atoms with Gasteiger partial charge in [0.2, 0.25) is 0 Å². The van der Waals surface area contributed by atoms with Crippen molar-refractivity contribution >= 4 is 28.4 Å². The first-order valence-electron chi connectivity index (χ1n) is 10.1. The number of hydrogen-bond acceptors (Lipinski definition) is 5. The van der Waals surface area contributed by atoms with Gasteiger partial charge in [-0.25, -0.2) is 14.6 Å². The van der Waals surface area contributed by atoms with Crippen molar-refractivity contribution in [1.29, 1.82) is 0 Å². The number of rotatable bonds is 5. The molecule has 8 heteroatoms. The van der Waals surface area contributed by atoms with Crippen molar-refractivity contribution in [1.82, 2.24) is 29.9 Å². The summed E-state index contributed by atoms with van der Waals surface area (Å²) in [5.74, 6) is 0.285. The Labute approximate surface area is 185 Å². The van der Waals surface area contributed by atoms with Crippen LogP contribution in [0.15, 0.2) is 42.5 Å². The van der Waals surface area contributed by atoms with E-state index in [1.54, 1.807) is 24.1 Å². The Morgan fingerprint density at radius 3 is 2.61 bits per heavy atom. The molecule has 0 aliphatic carbocycles. The summed E-state index contributed by atoms with van der Waals surface area (Å²) in [5, 5.41) is 9.50. The van der Waals surface area contributed by atoms with Gasteiger partial charge < -0.3 is 4.90 Å². The molecule has 2 aromatic carbocycles. The van der Waals surface area contributed by atoms with Crippen LogP contribution in [0, 0.1) is 13.8 Å². The fourth-order valence-corrected chi connectivity index (χ4v) is 3.70. The number of benzene rings is 2. The third-order valence-electron chi connectivity index (χ3n) is 5.36. The third-order valence-corrected chi connectivity index (χ3v) is 5.59. The van der Waals surface area contributed by atoms with Gasteiger partial charge in [0.1, 0.15) is 11.4 Å². The van der Waals surface area contributed by atoms with Crippen molar-refractivity contribution in [2.75, 3.05) is 7.05 Å². The Hall–Kier alpha value is -3.32. The summed E-state index contributed by atoms with van der Waals surface area (Å²) in [6, 6.07) is 13.2. The second-order valence-electron chi connectivity index (χ2n) is 7.47. The molecule has 0 aliphatic heterocycles. The van der Waals surface area contributed by atoms with Crippen molar-refractivity contribution in [2.45, 2.75) is 33.9 Å². The number of aryl methyl sites for hydroxylation is 2. The van der Waals surface area contributed by atoms with Crippen LogP contribution in [0.3, 0.4) is 0 Å². The molecule has 4 aromatic rings. The van der Waals surface area contributed by atoms with Crippen LogP contribution in [-0.4, -0.2) is 42.8 Å². The smallest absolute Gasteiger partial charge is 0.273 e. The monoisotopic (exact) mass is 434 g/mol. The number of halogens is 1. The normalized spacial score (nSPS) is 11.1. The molecule has 0 unspecified atom stereocenters. The summed E-state index contributed by atoms with van der Waals surface area (Å²) in [6.07, 6.45) is 0. The largest absolute Gasteiger partial charge is 0.334 e. The maximum atomic E-state index is 13.5. The molecule has 0 saturated heterocycles. The lowest BCUT2D eigenvalue weighted by Crippen LogP contribution is -2.28. The van der Waals surface area contributed by atoms with Crippen molar-refractivity contribution in [3.05, 3.63) is 70.1 Å². The molecule has 2 heterocycles. The molecule has 2 aromatic heterocycles. The molecule has 0 saturated carbocycles. The fraction of sp³-hybridized carbons (Fsp3) is 0.261. The number of fused-ring (bicyclic) bond motifs is 1. The van der Waals surface area contributed by atoms with Crippen molar-refractivity contribution < 1.29 is 4.79 Å². The van der Waals surface area contributed by atoms with Gasteiger partial charge in [0.15, 0.2) is 5.82 Å². The van der Waals surface area contributed by atoms with Crippen molar-refractivity contribution in [2.24, 2.45) is 0 Å². The first kappa shape index (κ1) is 20.9. The van der Waals surface area contributed by atoms with Crippen LogP contribution >= 0.6 is 11.6 Å². The molecule has 0 N–H and O–H groups in total. The van der Waals surface area contributed by atoms with Gasteiger partial charge in [-0.2, -0.15) is 0 Å². The highest BCUT2D eigenvalue weighted by Crippen LogP contribution is 2.27. The Balaban J connectivity index is 1.79. The summed E-state index contributed by atoms with van der Waals surface area (Å²) in [4.78, 5) is 24.4. The predicted octanol–water partition coefficient (Wildman–Crippen LogP) is 4.45. The van der Waals surface area contributed by atoms with Crippen LogP contribution in [-0.2, 0) is 13.1 Å². The van der Waals surface area contributed by atoms with E-state index in [2.05, 4.69) is 15.3 Å². The van der Waals surface area contributed by atoms with E-state index >= 15 is 0 Å². The Morgan fingerprint density at radius 1 is 1.13 bits per heavy atom. The summed E-state index contributed by atoms with van der Waals surface area (Å²) in [7, 11) is 1.73. The highest BCUT2D eigenvalue weighted by Gasteiger charge is 2.22. The minimum absolute atomic E-state index is 0.227. The molecule has 4 rings (SSSR count). The van der Waals surface area contributed by atoms with Gasteiger partial charge in [-0.1, -0.05) is 41.1 Å². The topological polar surface area (TPSA) is 76.8 Å². The van der Waals surface area contributed by atoms with E-state index in [0.29, 0.717) is 34.0 Å². The SMILES string of the molecule is CCn1nnc(CN(C)C(=O)c2nc(-c3ccccc3C)nc3ccc(Cl)cc23)c1C. The second kappa shape index (κ2) is 8.43. The van der Waals surface area contributed by atoms with Crippen LogP contribution < -0.4 is 0 Å². The van der Waals surface area contributed by atoms with Crippen LogP contribution in [0.25, 0.3) is 22.3 Å². The van der Waals surface area contributed by atoms with Crippen LogP contribution in [0.1, 0.15) is 34.4 Å². The maximum absolute atomic E-state index is 13.5. The highest BCUT2D eigenvalue weighted by molar-refractivity contribution is 6.31. The van der Waals surface area contributed by atoms with Crippen LogP contribution in [0.4, 0.5) is 0 Å². The molecule has 7 nitrogen and oxygen atoms in total. The molecule has 0 radical (unpaired) electrons. The van der Waals surface area contributed by atoms with E-state index in [9.17, 15) is 4.79 Å². The zero-order valence-corrected chi connectivity index (χ0v) is 18.7. The Kier molecular flexibility index (Phi) is 5.69. The number of carbonyl (C=O) groups excluding carboxylic acids is 1. The summed E-state index contributed by atoms with van der Waals surface area (Å²) in [6.45, 7) is 7.01. The Morgan fingerprint density at radius 2 is 1.90 bits per heavy atom. The van der Waals surface area contributed by atoms with Gasteiger partial charge in [-0.15, -0.1) is 5.10 Å². The van der Waals surface area contributed by atoms with Crippen molar-refractivity contribution in [3.63, 3.8) is 0 Å². The zero-order chi connectivity index (χ0) is 22.1. The molecular weight excluding hydrogens is 412 g/mol. The number of hydrogen-bond donors (Lipinski definition) is 0. The zero-order valence-electron chi connectivity index (χ0n) is 17.9. The average Bonchev–Trinajstić information content (AvgIpc) is 3.12. The average molecular weight is 435 g/mol. The standard InChI is InChI=1S/C23H23ClN6O/c1-5-30-15(3)20(27-28-30)13-29(4)23(31)21-18-12-16(24)10-11-19(18)25-22(26-21)17-9-7-6-8-14(17)2/h6-12H,5,13H2,1-4H3. The van der Waals surface area contributed by atoms with Crippen molar-refractivity contribution in [3.8, 4) is 11.4 Å². The van der Waals surface area contributed by atoms with Gasteiger partial charge in [0, 0.05) is 29.6 Å². The summed E-state index contributed by atoms with van der Waals surface area (Å²) in [5.41, 5.74) is 4.61. The molecule has 0 fully saturated rings. The van der Waals surface area contributed by atoms with E-state index in [4.69, 9.17) is 16.6 Å². The van der Waals surface area contributed by atoms with E-state index in [1.807, 2.05) is 55.8 Å². The third kappa shape index (κ3) is 4.01. The van der Waals surface area contributed by atoms with E-state index < -0.39 is 0 Å². The molecular formula is C23H23ClN6O. The van der Waals surface area contributed by atoms with Gasteiger partial charge in [-0.05, 0) is 44.5 Å². The number of amides is 1. The summed E-state index contributed by atoms with van der Waals surface area (Å²) >= 11 is 6.22. The molecule has 1 amide bonds. The molecule has 158 valence electrons. The lowest BCUT2D eigenvalue weighted by molar-refractivity contribution is 0.0779. The van der Waals surface area contributed by atoms with Gasteiger partial charge in [0.25, 0.3) is 5.91 Å². The molecule has 0 atom stereocenters. The predicted molar refractivity (Wildman–Crippen MR) is 121 cm³/mol. The first-order chi connectivity index (χ1) is 14.9. The van der Waals surface area contributed by atoms with E-state index in [1.165, 1.54) is 0 Å². The van der Waals surface area contributed by atoms with Gasteiger partial charge in [0.05, 0.1) is 17.8 Å². The number of aromatic nitrogens is 5. The molecule has 0 spiro atoms. The summed E-state index contributed by atoms with van der Waals surface area (Å²) < 4.78 is 1.81. The van der Waals surface area contributed by atoms with Crippen LogP contribution in [0.2, 0.25) is 5.02 Å². The van der Waals surface area contributed by atoms with Gasteiger partial charge >= 0.3 is 0 Å². The maximum Gasteiger partial charge on any atom is 0.273 e. The quantitative estimate of drug-likeness (QED) is 0.463. The van der Waals surface area contributed by atoms with Crippen LogP contribution in [0.5, 0.6) is 0 Å².